The lowest BCUT2D eigenvalue weighted by molar-refractivity contribution is -0.123. The van der Waals surface area contributed by atoms with Crippen LogP contribution in [0.3, 0.4) is 0 Å². The summed E-state index contributed by atoms with van der Waals surface area (Å²) in [6, 6.07) is 4.33. The number of aromatic nitrogens is 1. The molecule has 2 N–H and O–H groups in total. The van der Waals surface area contributed by atoms with Gasteiger partial charge < -0.3 is 19.9 Å². The first-order valence-corrected chi connectivity index (χ1v) is 9.99. The number of H-pyrrole nitrogens is 1. The molecule has 0 aromatic carbocycles. The highest BCUT2D eigenvalue weighted by atomic mass is 16.5. The third kappa shape index (κ3) is 4.15. The molecule has 0 aliphatic carbocycles. The van der Waals surface area contributed by atoms with E-state index in [4.69, 9.17) is 4.74 Å². The molecule has 5 nitrogen and oxygen atoms in total. The summed E-state index contributed by atoms with van der Waals surface area (Å²) >= 11 is 0. The smallest absolute Gasteiger partial charge is 0.247 e. The Morgan fingerprint density at radius 1 is 1.16 bits per heavy atom. The molecule has 0 bridgehead atoms. The zero-order valence-corrected chi connectivity index (χ0v) is 15.1. The number of rotatable bonds is 3. The van der Waals surface area contributed by atoms with Gasteiger partial charge in [-0.15, -0.1) is 0 Å². The number of nitrogens with zero attached hydrogens (tertiary/aromatic N) is 1. The van der Waals surface area contributed by atoms with Crippen molar-refractivity contribution in [2.75, 3.05) is 32.8 Å². The van der Waals surface area contributed by atoms with E-state index in [-0.39, 0.29) is 11.2 Å². The maximum Gasteiger partial charge on any atom is 0.247 e. The number of nitrogens with one attached hydrogen (secondary N) is 2. The molecule has 1 unspecified atom stereocenters. The monoisotopic (exact) mass is 345 g/mol. The molecule has 3 aliphatic rings. The van der Waals surface area contributed by atoms with E-state index in [1.807, 2.05) is 12.3 Å². The van der Waals surface area contributed by atoms with Crippen LogP contribution in [0.1, 0.15) is 44.1 Å². The minimum atomic E-state index is -0.00933. The molecule has 138 valence electrons. The number of aromatic amines is 1. The van der Waals surface area contributed by atoms with E-state index in [1.165, 1.54) is 57.2 Å². The fourth-order valence-electron chi connectivity index (χ4n) is 4.97. The summed E-state index contributed by atoms with van der Waals surface area (Å²) < 4.78 is 6.24. The van der Waals surface area contributed by atoms with Gasteiger partial charge in [0.25, 0.3) is 0 Å². The number of hydrogen-bond donors (Lipinski definition) is 2. The Hall–Kier alpha value is -1.17. The highest BCUT2D eigenvalue weighted by Gasteiger charge is 2.40. The molecular weight excluding hydrogens is 314 g/mol. The molecule has 4 heterocycles. The normalized spacial score (nSPS) is 28.2. The van der Waals surface area contributed by atoms with Gasteiger partial charge in [-0.1, -0.05) is 6.07 Å². The highest BCUT2D eigenvalue weighted by molar-refractivity contribution is 5.09. The van der Waals surface area contributed by atoms with Crippen molar-refractivity contribution in [1.82, 2.24) is 15.2 Å². The van der Waals surface area contributed by atoms with E-state index in [2.05, 4.69) is 15.2 Å². The third-order valence-corrected chi connectivity index (χ3v) is 6.52. The van der Waals surface area contributed by atoms with Crippen LogP contribution in [0.15, 0.2) is 23.1 Å². The van der Waals surface area contributed by atoms with Gasteiger partial charge in [-0.05, 0) is 82.6 Å². The Labute approximate surface area is 150 Å². The van der Waals surface area contributed by atoms with Gasteiger partial charge in [0.15, 0.2) is 0 Å². The van der Waals surface area contributed by atoms with Crippen LogP contribution in [0.2, 0.25) is 0 Å². The van der Waals surface area contributed by atoms with Crippen molar-refractivity contribution >= 4 is 0 Å². The van der Waals surface area contributed by atoms with Crippen molar-refractivity contribution < 1.29 is 4.74 Å². The Bertz CT molecular complexity index is 590. The Morgan fingerprint density at radius 3 is 2.68 bits per heavy atom. The van der Waals surface area contributed by atoms with Crippen LogP contribution in [0.25, 0.3) is 0 Å². The molecule has 0 saturated carbocycles. The summed E-state index contributed by atoms with van der Waals surface area (Å²) in [4.78, 5) is 16.7. The van der Waals surface area contributed by atoms with Crippen LogP contribution in [-0.4, -0.2) is 54.3 Å². The summed E-state index contributed by atoms with van der Waals surface area (Å²) in [5.74, 6) is 0.745. The summed E-state index contributed by atoms with van der Waals surface area (Å²) in [6.45, 7) is 5.57. The second kappa shape index (κ2) is 7.60. The fraction of sp³-hybridized carbons (Fsp3) is 0.750. The Morgan fingerprint density at radius 2 is 1.96 bits per heavy atom. The fourth-order valence-corrected chi connectivity index (χ4v) is 4.97. The maximum atomic E-state index is 11.2. The zero-order chi connectivity index (χ0) is 17.1. The number of hydrogen-bond acceptors (Lipinski definition) is 4. The van der Waals surface area contributed by atoms with Gasteiger partial charge in [0.2, 0.25) is 5.56 Å². The molecule has 1 aromatic heterocycles. The van der Waals surface area contributed by atoms with Gasteiger partial charge in [-0.3, -0.25) is 4.79 Å². The molecular formula is C20H31N3O2. The second-order valence-electron chi connectivity index (χ2n) is 8.17. The SMILES string of the molecule is O=c1ccc(CC2CCN(C3CCOC4(CCNCC4)C3)CC2)c[nH]1. The molecule has 0 radical (unpaired) electrons. The molecule has 0 amide bonds. The van der Waals surface area contributed by atoms with Crippen LogP contribution in [0, 0.1) is 5.92 Å². The lowest BCUT2D eigenvalue weighted by Crippen LogP contribution is -2.54. The van der Waals surface area contributed by atoms with Gasteiger partial charge >= 0.3 is 0 Å². The third-order valence-electron chi connectivity index (χ3n) is 6.52. The Kier molecular flexibility index (Phi) is 5.25. The number of pyridine rings is 1. The number of ether oxygens (including phenoxy) is 1. The van der Waals surface area contributed by atoms with E-state index in [0.717, 1.165) is 32.0 Å². The topological polar surface area (TPSA) is 57.4 Å². The predicted octanol–water partition coefficient (Wildman–Crippen LogP) is 1.93. The van der Waals surface area contributed by atoms with Crippen molar-refractivity contribution in [3.63, 3.8) is 0 Å². The quantitative estimate of drug-likeness (QED) is 0.879. The lowest BCUT2D eigenvalue weighted by Gasteiger charge is -2.48. The molecule has 1 aromatic rings. The predicted molar refractivity (Wildman–Crippen MR) is 98.9 cm³/mol. The van der Waals surface area contributed by atoms with Crippen molar-refractivity contribution in [3.8, 4) is 0 Å². The molecule has 4 rings (SSSR count). The van der Waals surface area contributed by atoms with E-state index < -0.39 is 0 Å². The van der Waals surface area contributed by atoms with Crippen molar-refractivity contribution in [3.05, 3.63) is 34.2 Å². The van der Waals surface area contributed by atoms with Crippen molar-refractivity contribution in [2.24, 2.45) is 5.92 Å². The largest absolute Gasteiger partial charge is 0.375 e. The molecule has 25 heavy (non-hydrogen) atoms. The first kappa shape index (κ1) is 17.3. The number of piperidine rings is 2. The van der Waals surface area contributed by atoms with Crippen LogP contribution in [0.4, 0.5) is 0 Å². The second-order valence-corrected chi connectivity index (χ2v) is 8.17. The van der Waals surface area contributed by atoms with Crippen LogP contribution >= 0.6 is 0 Å². The summed E-state index contributed by atoms with van der Waals surface area (Å²) in [5, 5.41) is 3.47. The minimum absolute atomic E-state index is 0.00933. The van der Waals surface area contributed by atoms with Gasteiger partial charge in [0.05, 0.1) is 5.60 Å². The average Bonchev–Trinajstić information content (AvgIpc) is 2.65. The maximum absolute atomic E-state index is 11.2. The van der Waals surface area contributed by atoms with E-state index in [0.29, 0.717) is 6.04 Å². The first-order valence-electron chi connectivity index (χ1n) is 9.99. The van der Waals surface area contributed by atoms with Gasteiger partial charge in [-0.25, -0.2) is 0 Å². The number of likely N-dealkylation sites (tertiary alicyclic amines) is 1. The minimum Gasteiger partial charge on any atom is -0.375 e. The molecule has 1 atom stereocenters. The molecule has 1 spiro atoms. The van der Waals surface area contributed by atoms with Crippen LogP contribution in [-0.2, 0) is 11.2 Å². The summed E-state index contributed by atoms with van der Waals surface area (Å²) in [5.41, 5.74) is 1.41. The van der Waals surface area contributed by atoms with E-state index in [9.17, 15) is 4.79 Å². The lowest BCUT2D eigenvalue weighted by atomic mass is 9.81. The molecule has 5 heteroatoms. The van der Waals surface area contributed by atoms with Gasteiger partial charge in [0, 0.05) is 24.9 Å². The standard InChI is InChI=1S/C20H31N3O2/c24-19-2-1-17(15-22-19)13-16-3-10-23(11-4-16)18-5-12-25-20(14-18)6-8-21-9-7-20/h1-2,15-16,18,21H,3-14H2,(H,22,24). The van der Waals surface area contributed by atoms with Crippen LogP contribution in [0.5, 0.6) is 0 Å². The van der Waals surface area contributed by atoms with Gasteiger partial charge in [-0.2, -0.15) is 0 Å². The molecule has 3 fully saturated rings. The van der Waals surface area contributed by atoms with Crippen molar-refractivity contribution in [2.45, 2.75) is 56.6 Å². The van der Waals surface area contributed by atoms with Gasteiger partial charge in [0.1, 0.15) is 0 Å². The molecule has 3 aliphatic heterocycles. The average molecular weight is 345 g/mol. The van der Waals surface area contributed by atoms with E-state index >= 15 is 0 Å². The van der Waals surface area contributed by atoms with Crippen LogP contribution < -0.4 is 10.9 Å². The summed E-state index contributed by atoms with van der Waals surface area (Å²) in [7, 11) is 0. The van der Waals surface area contributed by atoms with E-state index in [1.54, 1.807) is 6.07 Å². The first-order chi connectivity index (χ1) is 12.2. The highest BCUT2D eigenvalue weighted by Crippen LogP contribution is 2.36. The zero-order valence-electron chi connectivity index (χ0n) is 15.1. The Balaban J connectivity index is 1.29. The molecule has 3 saturated heterocycles. The van der Waals surface area contributed by atoms with Crippen molar-refractivity contribution in [1.29, 1.82) is 0 Å². The summed E-state index contributed by atoms with van der Waals surface area (Å²) in [6.07, 6.45) is 10.3.